The number of fused-ring (bicyclic) bond motifs is 1. The highest BCUT2D eigenvalue weighted by molar-refractivity contribution is 7.89. The van der Waals surface area contributed by atoms with Crippen LogP contribution in [0.25, 0.3) is 0 Å². The third-order valence-corrected chi connectivity index (χ3v) is 4.84. The summed E-state index contributed by atoms with van der Waals surface area (Å²) in [5.41, 5.74) is 7.09. The number of sulfonamides is 1. The van der Waals surface area contributed by atoms with Crippen LogP contribution in [0.3, 0.4) is 0 Å². The van der Waals surface area contributed by atoms with Crippen molar-refractivity contribution in [2.75, 3.05) is 0 Å². The molecule has 1 aliphatic heterocycles. The van der Waals surface area contributed by atoms with Crippen LogP contribution in [-0.4, -0.2) is 25.1 Å². The molecule has 0 spiro atoms. The fraction of sp³-hybridized carbons (Fsp3) is 0.154. The lowest BCUT2D eigenvalue weighted by molar-refractivity contribution is 0.551. The fourth-order valence-electron chi connectivity index (χ4n) is 2.16. The Labute approximate surface area is 111 Å². The summed E-state index contributed by atoms with van der Waals surface area (Å²) in [5.74, 6) is 0. The lowest BCUT2D eigenvalue weighted by atomic mass is 10.0. The third-order valence-electron chi connectivity index (χ3n) is 3.14. The summed E-state index contributed by atoms with van der Waals surface area (Å²) < 4.78 is 26.3. The molecular formula is C13H13N3O2S. The number of allylic oxidation sites excluding steroid dienone is 2. The van der Waals surface area contributed by atoms with Crippen molar-refractivity contribution in [3.63, 3.8) is 0 Å². The number of benzene rings is 1. The summed E-state index contributed by atoms with van der Waals surface area (Å²) in [5, 5.41) is 0. The van der Waals surface area contributed by atoms with Gasteiger partial charge in [-0.2, -0.15) is 0 Å². The number of nitrogens with zero attached hydrogens (tertiary/aromatic N) is 2. The van der Waals surface area contributed by atoms with Crippen LogP contribution < -0.4 is 5.73 Å². The van der Waals surface area contributed by atoms with Crippen LogP contribution in [0.15, 0.2) is 63.8 Å². The van der Waals surface area contributed by atoms with Crippen LogP contribution in [0.2, 0.25) is 0 Å². The fourth-order valence-corrected chi connectivity index (χ4v) is 3.53. The number of aliphatic imine (C=N–C) groups is 1. The number of hydrogen-bond acceptors (Lipinski definition) is 4. The van der Waals surface area contributed by atoms with E-state index < -0.39 is 10.0 Å². The molecule has 1 aromatic carbocycles. The Morgan fingerprint density at radius 1 is 1.21 bits per heavy atom. The van der Waals surface area contributed by atoms with Gasteiger partial charge in [-0.05, 0) is 24.3 Å². The molecule has 98 valence electrons. The van der Waals surface area contributed by atoms with Gasteiger partial charge in [0.2, 0.25) is 0 Å². The summed E-state index contributed by atoms with van der Waals surface area (Å²) in [7, 11) is -3.58. The Morgan fingerprint density at radius 2 is 1.95 bits per heavy atom. The second-order valence-corrected chi connectivity index (χ2v) is 6.25. The molecule has 6 heteroatoms. The second kappa shape index (κ2) is 4.24. The molecule has 1 atom stereocenters. The van der Waals surface area contributed by atoms with Crippen molar-refractivity contribution >= 4 is 16.4 Å². The Bertz CT molecular complexity index is 690. The van der Waals surface area contributed by atoms with Crippen molar-refractivity contribution in [3.8, 4) is 0 Å². The van der Waals surface area contributed by atoms with Gasteiger partial charge in [0.1, 0.15) is 6.34 Å². The van der Waals surface area contributed by atoms with Gasteiger partial charge < -0.3 is 5.73 Å². The predicted octanol–water partition coefficient (Wildman–Crippen LogP) is 1.22. The summed E-state index contributed by atoms with van der Waals surface area (Å²) in [6, 6.07) is 8.14. The van der Waals surface area contributed by atoms with Gasteiger partial charge in [-0.15, -0.1) is 0 Å². The first-order chi connectivity index (χ1) is 9.09. The summed E-state index contributed by atoms with van der Waals surface area (Å²) >= 11 is 0. The van der Waals surface area contributed by atoms with E-state index in [2.05, 4.69) is 4.99 Å². The van der Waals surface area contributed by atoms with E-state index >= 15 is 0 Å². The quantitative estimate of drug-likeness (QED) is 0.881. The molecule has 1 aromatic rings. The van der Waals surface area contributed by atoms with Crippen molar-refractivity contribution in [1.82, 2.24) is 4.31 Å². The number of rotatable bonds is 2. The van der Waals surface area contributed by atoms with E-state index in [0.717, 1.165) is 0 Å². The number of nitrogens with two attached hydrogens (primary N) is 1. The average Bonchev–Trinajstić information content (AvgIpc) is 2.83. The van der Waals surface area contributed by atoms with Crippen molar-refractivity contribution in [2.24, 2.45) is 10.7 Å². The molecule has 0 amide bonds. The minimum absolute atomic E-state index is 0.191. The van der Waals surface area contributed by atoms with Crippen molar-refractivity contribution in [3.05, 3.63) is 53.9 Å². The Morgan fingerprint density at radius 3 is 2.68 bits per heavy atom. The molecule has 1 heterocycles. The van der Waals surface area contributed by atoms with Crippen LogP contribution in [0.1, 0.15) is 6.42 Å². The molecule has 0 aromatic heterocycles. The largest absolute Gasteiger partial charge is 0.402 e. The highest BCUT2D eigenvalue weighted by atomic mass is 32.2. The highest BCUT2D eigenvalue weighted by Crippen LogP contribution is 2.30. The van der Waals surface area contributed by atoms with E-state index in [-0.39, 0.29) is 10.9 Å². The topological polar surface area (TPSA) is 75.8 Å². The minimum atomic E-state index is -3.58. The van der Waals surface area contributed by atoms with Crippen LogP contribution in [-0.2, 0) is 10.0 Å². The first-order valence-electron chi connectivity index (χ1n) is 5.88. The molecule has 5 nitrogen and oxygen atoms in total. The second-order valence-electron chi connectivity index (χ2n) is 4.43. The molecule has 2 aliphatic rings. The molecule has 1 aliphatic carbocycles. The van der Waals surface area contributed by atoms with E-state index in [9.17, 15) is 8.42 Å². The standard InChI is InChI=1S/C13H13N3O2S/c14-10-6-7-13-12(8-10)15-9-16(13)19(17,18)11-4-2-1-3-5-11/h1-7,9,12H,8,14H2/t12-/m1/s1. The molecule has 0 unspecified atom stereocenters. The van der Waals surface area contributed by atoms with Crippen LogP contribution in [0, 0.1) is 0 Å². The first kappa shape index (κ1) is 12.0. The lowest BCUT2D eigenvalue weighted by Gasteiger charge is -2.22. The average molecular weight is 275 g/mol. The van der Waals surface area contributed by atoms with Gasteiger partial charge in [0, 0.05) is 12.1 Å². The molecule has 19 heavy (non-hydrogen) atoms. The van der Waals surface area contributed by atoms with E-state index in [4.69, 9.17) is 5.73 Å². The molecular weight excluding hydrogens is 262 g/mol. The zero-order valence-corrected chi connectivity index (χ0v) is 10.9. The Hall–Kier alpha value is -2.08. The molecule has 2 N–H and O–H groups in total. The van der Waals surface area contributed by atoms with Gasteiger partial charge in [0.05, 0.1) is 16.6 Å². The van der Waals surface area contributed by atoms with Gasteiger partial charge in [0.25, 0.3) is 10.0 Å². The zero-order chi connectivity index (χ0) is 13.5. The summed E-state index contributed by atoms with van der Waals surface area (Å²) in [6.45, 7) is 0. The van der Waals surface area contributed by atoms with Gasteiger partial charge in [-0.1, -0.05) is 18.2 Å². The lowest BCUT2D eigenvalue weighted by Crippen LogP contribution is -2.30. The Balaban J connectivity index is 2.02. The Kier molecular flexibility index (Phi) is 2.67. The molecule has 0 radical (unpaired) electrons. The molecule has 0 saturated carbocycles. The maximum atomic E-state index is 12.5. The summed E-state index contributed by atoms with van der Waals surface area (Å²) in [6.07, 6.45) is 5.37. The van der Waals surface area contributed by atoms with Gasteiger partial charge >= 0.3 is 0 Å². The van der Waals surface area contributed by atoms with Gasteiger partial charge in [-0.3, -0.25) is 4.99 Å². The number of hydrogen-bond donors (Lipinski definition) is 1. The molecule has 0 bridgehead atoms. The third kappa shape index (κ3) is 1.94. The monoisotopic (exact) mass is 275 g/mol. The van der Waals surface area contributed by atoms with E-state index in [1.165, 1.54) is 10.6 Å². The van der Waals surface area contributed by atoms with Crippen molar-refractivity contribution in [1.29, 1.82) is 0 Å². The van der Waals surface area contributed by atoms with Crippen LogP contribution in [0.4, 0.5) is 0 Å². The van der Waals surface area contributed by atoms with Gasteiger partial charge in [0.15, 0.2) is 0 Å². The van der Waals surface area contributed by atoms with Crippen LogP contribution in [0.5, 0.6) is 0 Å². The SMILES string of the molecule is NC1=CC=C2[C@@H](C1)N=CN2S(=O)(=O)c1ccccc1. The molecule has 0 saturated heterocycles. The minimum Gasteiger partial charge on any atom is -0.402 e. The van der Waals surface area contributed by atoms with Gasteiger partial charge in [-0.25, -0.2) is 12.7 Å². The first-order valence-corrected chi connectivity index (χ1v) is 7.32. The molecule has 3 rings (SSSR count). The smallest absolute Gasteiger partial charge is 0.269 e. The van der Waals surface area contributed by atoms with E-state index in [1.54, 1.807) is 42.5 Å². The predicted molar refractivity (Wildman–Crippen MR) is 72.7 cm³/mol. The van der Waals surface area contributed by atoms with Crippen LogP contribution >= 0.6 is 0 Å². The maximum absolute atomic E-state index is 12.5. The molecule has 0 fully saturated rings. The highest BCUT2D eigenvalue weighted by Gasteiger charge is 2.34. The zero-order valence-electron chi connectivity index (χ0n) is 10.1. The van der Waals surface area contributed by atoms with Crippen molar-refractivity contribution < 1.29 is 8.42 Å². The van der Waals surface area contributed by atoms with Crippen molar-refractivity contribution in [2.45, 2.75) is 17.4 Å². The van der Waals surface area contributed by atoms with E-state index in [0.29, 0.717) is 17.8 Å². The maximum Gasteiger partial charge on any atom is 0.269 e. The normalized spacial score (nSPS) is 21.9. The summed E-state index contributed by atoms with van der Waals surface area (Å²) in [4.78, 5) is 4.47. The van der Waals surface area contributed by atoms with E-state index in [1.807, 2.05) is 0 Å².